The van der Waals surface area contributed by atoms with Crippen LogP contribution in [0.4, 0.5) is 5.95 Å². The summed E-state index contributed by atoms with van der Waals surface area (Å²) in [6, 6.07) is 20.3. The maximum absolute atomic E-state index is 14.0. The van der Waals surface area contributed by atoms with Crippen molar-refractivity contribution < 1.29 is 48.3 Å². The molecule has 15 heteroatoms. The van der Waals surface area contributed by atoms with Crippen LogP contribution in [0.15, 0.2) is 72.8 Å². The molecule has 0 radical (unpaired) electrons. The number of anilines is 1. The Hall–Kier alpha value is -5.80. The summed E-state index contributed by atoms with van der Waals surface area (Å²) in [4.78, 5) is 45.2. The topological polar surface area (TPSA) is 165 Å². The number of ether oxygens (including phenoxy) is 5. The summed E-state index contributed by atoms with van der Waals surface area (Å²) in [5.41, 5.74) is 3.73. The highest BCUT2D eigenvalue weighted by molar-refractivity contribution is 5.96. The summed E-state index contributed by atoms with van der Waals surface area (Å²) < 4.78 is 30.1. The quantitative estimate of drug-likeness (QED) is 0.112. The van der Waals surface area contributed by atoms with Gasteiger partial charge in [0, 0.05) is 69.0 Å². The molecule has 2 saturated heterocycles. The normalized spacial score (nSPS) is 17.1. The molecule has 3 heterocycles. The van der Waals surface area contributed by atoms with E-state index in [-0.39, 0.29) is 11.3 Å². The number of carboxylic acids is 2. The molecule has 0 bridgehead atoms. The zero-order chi connectivity index (χ0) is 41.7. The number of likely N-dealkylation sites (tertiary alicyclic amines) is 1. The molecular formula is C43H55N5O10. The standard InChI is InChI=1S/C39H51N5O6.C4H4O4/c1-6-50-25-24-44-33-11-8-7-10-32(33)40-38(44)42-19-9-18-41(22-23-42)20-16-39(30-12-14-31(46-2)15-13-30)17-21-43(28-39)37(45)29-26-34(47-3)36(49-5)35(27-29)48-4;5-3(6)1-2-4(7)8/h7-8,10-15,26-27H,6,9,16-25,28H2,1-5H3;1-2H,(H,5,6)(H,7,8)/b;2-1+. The summed E-state index contributed by atoms with van der Waals surface area (Å²) in [6.45, 7) is 10.2. The van der Waals surface area contributed by atoms with Gasteiger partial charge in [0.05, 0.1) is 46.1 Å². The number of para-hydroxylation sites is 2. The molecule has 2 fully saturated rings. The van der Waals surface area contributed by atoms with E-state index in [9.17, 15) is 14.4 Å². The number of imidazole rings is 1. The Balaban J connectivity index is 0.000000725. The first-order valence-corrected chi connectivity index (χ1v) is 19.4. The molecule has 2 aliphatic rings. The van der Waals surface area contributed by atoms with E-state index in [2.05, 4.69) is 50.8 Å². The Morgan fingerprint density at radius 1 is 0.810 bits per heavy atom. The Kier molecular flexibility index (Phi) is 15.4. The van der Waals surface area contributed by atoms with Gasteiger partial charge in [-0.1, -0.05) is 24.3 Å². The SMILES string of the molecule is CCOCCn1c(N2CCCN(CCC3(c4ccc(OC)cc4)CCN(C(=O)c4cc(OC)c(OC)c(OC)c4)C3)CC2)nc2ccccc21.O=C(O)/C=C/C(=O)O. The second-order valence-corrected chi connectivity index (χ2v) is 14.1. The zero-order valence-corrected chi connectivity index (χ0v) is 34.0. The minimum Gasteiger partial charge on any atom is -0.497 e. The highest BCUT2D eigenvalue weighted by Crippen LogP contribution is 2.42. The van der Waals surface area contributed by atoms with Crippen molar-refractivity contribution in [2.24, 2.45) is 0 Å². The summed E-state index contributed by atoms with van der Waals surface area (Å²) in [7, 11) is 6.39. The smallest absolute Gasteiger partial charge is 0.328 e. The third-order valence-corrected chi connectivity index (χ3v) is 10.7. The lowest BCUT2D eigenvalue weighted by atomic mass is 9.76. The average molecular weight is 802 g/mol. The Bertz CT molecular complexity index is 1990. The monoisotopic (exact) mass is 801 g/mol. The second-order valence-electron chi connectivity index (χ2n) is 14.1. The van der Waals surface area contributed by atoms with Crippen LogP contribution < -0.4 is 23.8 Å². The van der Waals surface area contributed by atoms with Crippen LogP contribution in [-0.2, 0) is 26.3 Å². The van der Waals surface area contributed by atoms with Gasteiger partial charge in [0.15, 0.2) is 11.5 Å². The number of benzene rings is 3. The van der Waals surface area contributed by atoms with Crippen molar-refractivity contribution in [1.82, 2.24) is 19.4 Å². The van der Waals surface area contributed by atoms with E-state index in [1.54, 1.807) is 40.6 Å². The largest absolute Gasteiger partial charge is 0.497 e. The van der Waals surface area contributed by atoms with E-state index >= 15 is 0 Å². The van der Waals surface area contributed by atoms with Crippen molar-refractivity contribution in [3.05, 3.63) is 83.9 Å². The molecule has 2 aliphatic heterocycles. The fraction of sp³-hybridized carbons (Fsp3) is 0.442. The first-order valence-electron chi connectivity index (χ1n) is 19.4. The molecule has 0 aliphatic carbocycles. The van der Waals surface area contributed by atoms with E-state index in [1.807, 2.05) is 24.0 Å². The Labute approximate surface area is 339 Å². The van der Waals surface area contributed by atoms with Gasteiger partial charge in [0.2, 0.25) is 11.7 Å². The van der Waals surface area contributed by atoms with Crippen molar-refractivity contribution in [2.45, 2.75) is 38.1 Å². The van der Waals surface area contributed by atoms with E-state index < -0.39 is 11.9 Å². The maximum atomic E-state index is 14.0. The van der Waals surface area contributed by atoms with Crippen molar-refractivity contribution in [3.63, 3.8) is 0 Å². The molecule has 2 N–H and O–H groups in total. The number of rotatable bonds is 16. The number of nitrogens with zero attached hydrogens (tertiary/aromatic N) is 5. The molecule has 1 unspecified atom stereocenters. The first kappa shape index (κ1) is 43.3. The zero-order valence-electron chi connectivity index (χ0n) is 34.0. The molecule has 15 nitrogen and oxygen atoms in total. The van der Waals surface area contributed by atoms with E-state index in [0.717, 1.165) is 81.3 Å². The third kappa shape index (κ3) is 10.6. The summed E-state index contributed by atoms with van der Waals surface area (Å²) >= 11 is 0. The van der Waals surface area contributed by atoms with Gasteiger partial charge in [-0.2, -0.15) is 0 Å². The predicted molar refractivity (Wildman–Crippen MR) is 220 cm³/mol. The number of hydrogen-bond donors (Lipinski definition) is 2. The van der Waals surface area contributed by atoms with Gasteiger partial charge >= 0.3 is 11.9 Å². The second kappa shape index (κ2) is 20.6. The van der Waals surface area contributed by atoms with Crippen LogP contribution in [0.3, 0.4) is 0 Å². The third-order valence-electron chi connectivity index (χ3n) is 10.7. The van der Waals surface area contributed by atoms with Gasteiger partial charge in [-0.15, -0.1) is 0 Å². The van der Waals surface area contributed by atoms with Gasteiger partial charge in [-0.3, -0.25) is 4.79 Å². The molecule has 58 heavy (non-hydrogen) atoms. The molecule has 1 aromatic heterocycles. The van der Waals surface area contributed by atoms with E-state index in [1.165, 1.54) is 5.56 Å². The van der Waals surface area contributed by atoms with Gasteiger partial charge in [0.25, 0.3) is 5.91 Å². The van der Waals surface area contributed by atoms with E-state index in [4.69, 9.17) is 38.9 Å². The van der Waals surface area contributed by atoms with Gasteiger partial charge in [-0.25, -0.2) is 14.6 Å². The van der Waals surface area contributed by atoms with Crippen LogP contribution in [0.1, 0.15) is 42.1 Å². The molecule has 6 rings (SSSR count). The number of amides is 1. The van der Waals surface area contributed by atoms with Gasteiger partial charge < -0.3 is 53.2 Å². The number of carbonyl (C=O) groups excluding carboxylic acids is 1. The lowest BCUT2D eigenvalue weighted by Crippen LogP contribution is -2.39. The number of fused-ring (bicyclic) bond motifs is 1. The molecule has 312 valence electrons. The summed E-state index contributed by atoms with van der Waals surface area (Å²) in [5, 5.41) is 15.6. The number of carboxylic acid groups (broad SMARTS) is 2. The first-order chi connectivity index (χ1) is 28.1. The Morgan fingerprint density at radius 3 is 2.12 bits per heavy atom. The lowest BCUT2D eigenvalue weighted by Gasteiger charge is -2.33. The molecule has 1 atom stereocenters. The van der Waals surface area contributed by atoms with Gasteiger partial charge in [-0.05, 0) is 81.2 Å². The van der Waals surface area contributed by atoms with Crippen LogP contribution in [0, 0.1) is 0 Å². The summed E-state index contributed by atoms with van der Waals surface area (Å²) in [6.07, 6.45) is 3.98. The summed E-state index contributed by atoms with van der Waals surface area (Å²) in [5.74, 6) is 0.703. The van der Waals surface area contributed by atoms with Crippen molar-refractivity contribution in [2.75, 3.05) is 92.4 Å². The minimum absolute atomic E-state index is 0.0442. The van der Waals surface area contributed by atoms with Crippen molar-refractivity contribution in [3.8, 4) is 23.0 Å². The average Bonchev–Trinajstić information content (AvgIpc) is 3.76. The molecule has 4 aromatic rings. The number of hydrogen-bond acceptors (Lipinski definition) is 11. The molecule has 0 spiro atoms. The van der Waals surface area contributed by atoms with E-state index in [0.29, 0.717) is 61.3 Å². The van der Waals surface area contributed by atoms with Crippen molar-refractivity contribution >= 4 is 34.8 Å². The van der Waals surface area contributed by atoms with Crippen LogP contribution in [-0.4, -0.2) is 135 Å². The number of aliphatic carboxylic acids is 2. The highest BCUT2D eigenvalue weighted by atomic mass is 16.5. The minimum atomic E-state index is -1.26. The molecule has 3 aromatic carbocycles. The number of aromatic nitrogens is 2. The fourth-order valence-corrected chi connectivity index (χ4v) is 7.70. The molecular weight excluding hydrogens is 746 g/mol. The van der Waals surface area contributed by atoms with Crippen LogP contribution in [0.2, 0.25) is 0 Å². The van der Waals surface area contributed by atoms with Crippen LogP contribution >= 0.6 is 0 Å². The fourth-order valence-electron chi connectivity index (χ4n) is 7.70. The number of carbonyl (C=O) groups is 3. The van der Waals surface area contributed by atoms with Gasteiger partial charge in [0.1, 0.15) is 5.75 Å². The Morgan fingerprint density at radius 2 is 1.50 bits per heavy atom. The number of methoxy groups -OCH3 is 4. The predicted octanol–water partition coefficient (Wildman–Crippen LogP) is 5.21. The molecule has 1 amide bonds. The highest BCUT2D eigenvalue weighted by Gasteiger charge is 2.42. The maximum Gasteiger partial charge on any atom is 0.328 e. The van der Waals surface area contributed by atoms with Crippen LogP contribution in [0.5, 0.6) is 23.0 Å². The molecule has 0 saturated carbocycles. The lowest BCUT2D eigenvalue weighted by molar-refractivity contribution is -0.134. The van der Waals surface area contributed by atoms with Crippen molar-refractivity contribution in [1.29, 1.82) is 0 Å². The van der Waals surface area contributed by atoms with Crippen LogP contribution in [0.25, 0.3) is 11.0 Å².